The number of likely N-dealkylation sites (N-methyl/N-ethyl adjacent to an activating group) is 1. The van der Waals surface area contributed by atoms with Gasteiger partial charge in [0.05, 0.1) is 12.9 Å². The van der Waals surface area contributed by atoms with Crippen LogP contribution in [-0.4, -0.2) is 48.6 Å². The maximum absolute atomic E-state index is 12.4. The molecule has 0 radical (unpaired) electrons. The van der Waals surface area contributed by atoms with Crippen LogP contribution in [0.3, 0.4) is 0 Å². The Morgan fingerprint density at radius 1 is 1.61 bits per heavy atom. The molecule has 0 fully saturated rings. The number of aromatic nitrogens is 2. The summed E-state index contributed by atoms with van der Waals surface area (Å²) in [6.45, 7) is 4.19. The molecule has 1 aromatic heterocycles. The molecule has 18 heavy (non-hydrogen) atoms. The molecule has 0 saturated heterocycles. The van der Waals surface area contributed by atoms with Gasteiger partial charge in [0.15, 0.2) is 0 Å². The summed E-state index contributed by atoms with van der Waals surface area (Å²) in [5.74, 6) is 0. The van der Waals surface area contributed by atoms with E-state index in [2.05, 4.69) is 4.98 Å². The molecule has 0 saturated carbocycles. The van der Waals surface area contributed by atoms with Crippen molar-refractivity contribution in [3.8, 4) is 0 Å². The third-order valence-electron chi connectivity index (χ3n) is 2.60. The van der Waals surface area contributed by atoms with Gasteiger partial charge in [-0.25, -0.2) is 13.4 Å². The maximum Gasteiger partial charge on any atom is 0.263 e. The van der Waals surface area contributed by atoms with Crippen LogP contribution >= 0.6 is 11.6 Å². The number of imidazole rings is 1. The van der Waals surface area contributed by atoms with Crippen LogP contribution in [0.4, 0.5) is 0 Å². The quantitative estimate of drug-likeness (QED) is 0.789. The Morgan fingerprint density at radius 2 is 2.22 bits per heavy atom. The average Bonchev–Trinajstić information content (AvgIpc) is 2.61. The van der Waals surface area contributed by atoms with Crippen LogP contribution in [0, 0.1) is 0 Å². The second-order valence-corrected chi connectivity index (χ2v) is 6.13. The molecule has 1 aromatic rings. The second-order valence-electron chi connectivity index (χ2n) is 3.96. The molecule has 0 aliphatic carbocycles. The lowest BCUT2D eigenvalue weighted by Gasteiger charge is -2.25. The molecule has 0 aromatic carbocycles. The third-order valence-corrected chi connectivity index (χ3v) is 5.18. The van der Waals surface area contributed by atoms with E-state index >= 15 is 0 Å². The smallest absolute Gasteiger partial charge is 0.263 e. The van der Waals surface area contributed by atoms with Crippen molar-refractivity contribution in [2.24, 2.45) is 7.05 Å². The summed E-state index contributed by atoms with van der Waals surface area (Å²) in [4.78, 5) is 3.86. The van der Waals surface area contributed by atoms with E-state index in [0.717, 1.165) is 0 Å². The van der Waals surface area contributed by atoms with E-state index in [1.54, 1.807) is 20.9 Å². The van der Waals surface area contributed by atoms with Gasteiger partial charge in [-0.2, -0.15) is 4.31 Å². The molecule has 1 rings (SSSR count). The van der Waals surface area contributed by atoms with Gasteiger partial charge in [0.25, 0.3) is 10.0 Å². The van der Waals surface area contributed by atoms with Crippen LogP contribution in [0.5, 0.6) is 0 Å². The Morgan fingerprint density at radius 3 is 2.61 bits per heavy atom. The molecular formula is C10H18ClN3O3S. The highest BCUT2D eigenvalue weighted by Gasteiger charge is 2.32. The highest BCUT2D eigenvalue weighted by Crippen LogP contribution is 2.23. The zero-order chi connectivity index (χ0) is 13.9. The normalized spacial score (nSPS) is 14.1. The van der Waals surface area contributed by atoms with Crippen molar-refractivity contribution in [3.05, 3.63) is 11.5 Å². The molecule has 1 heterocycles. The van der Waals surface area contributed by atoms with Gasteiger partial charge in [-0.15, -0.1) is 0 Å². The largest absolute Gasteiger partial charge is 0.383 e. The Hall–Kier alpha value is -0.630. The topological polar surface area (TPSA) is 64.4 Å². The maximum atomic E-state index is 12.4. The predicted molar refractivity (Wildman–Crippen MR) is 69.1 cm³/mol. The number of sulfonamides is 1. The van der Waals surface area contributed by atoms with Gasteiger partial charge in [-0.1, -0.05) is 18.5 Å². The first-order valence-electron chi connectivity index (χ1n) is 5.53. The van der Waals surface area contributed by atoms with Crippen molar-refractivity contribution in [1.82, 2.24) is 13.9 Å². The molecule has 0 aliphatic heterocycles. The number of rotatable bonds is 6. The Balaban J connectivity index is 3.15. The zero-order valence-corrected chi connectivity index (χ0v) is 12.5. The molecule has 6 nitrogen and oxygen atoms in total. The predicted octanol–water partition coefficient (Wildman–Crippen LogP) is 1.12. The number of ether oxygens (including phenoxy) is 1. The van der Waals surface area contributed by atoms with Gasteiger partial charge >= 0.3 is 0 Å². The molecule has 0 N–H and O–H groups in total. The summed E-state index contributed by atoms with van der Waals surface area (Å²) < 4.78 is 32.6. The fourth-order valence-corrected chi connectivity index (χ4v) is 3.74. The number of methoxy groups -OCH3 is 1. The van der Waals surface area contributed by atoms with Crippen molar-refractivity contribution >= 4 is 21.6 Å². The van der Waals surface area contributed by atoms with Crippen LogP contribution in [0.2, 0.25) is 5.15 Å². The van der Waals surface area contributed by atoms with Gasteiger partial charge in [-0.05, 0) is 6.92 Å². The molecule has 0 aliphatic rings. The molecular weight excluding hydrogens is 278 g/mol. The van der Waals surface area contributed by atoms with Crippen molar-refractivity contribution in [2.75, 3.05) is 20.3 Å². The first kappa shape index (κ1) is 15.4. The van der Waals surface area contributed by atoms with Crippen LogP contribution in [0.15, 0.2) is 11.4 Å². The van der Waals surface area contributed by atoms with Crippen molar-refractivity contribution < 1.29 is 13.2 Å². The summed E-state index contributed by atoms with van der Waals surface area (Å²) in [6.07, 6.45) is 1.38. The standard InChI is InChI=1S/C10H18ClN3O3S/c1-5-14(8(2)6-17-4)18(15,16)10-9(11)13(3)7-12-10/h7-8H,5-6H2,1-4H3. The number of hydrogen-bond donors (Lipinski definition) is 0. The van der Waals surface area contributed by atoms with Crippen LogP contribution in [0.1, 0.15) is 13.8 Å². The summed E-state index contributed by atoms with van der Waals surface area (Å²) in [7, 11) is -0.518. The fraction of sp³-hybridized carbons (Fsp3) is 0.700. The lowest BCUT2D eigenvalue weighted by atomic mass is 10.4. The van der Waals surface area contributed by atoms with Gasteiger partial charge in [0.2, 0.25) is 5.03 Å². The fourth-order valence-electron chi connectivity index (χ4n) is 1.72. The van der Waals surface area contributed by atoms with Gasteiger partial charge in [0.1, 0.15) is 5.15 Å². The second kappa shape index (κ2) is 6.01. The summed E-state index contributed by atoms with van der Waals surface area (Å²) >= 11 is 5.94. The number of aryl methyl sites for hydroxylation is 1. The lowest BCUT2D eigenvalue weighted by molar-refractivity contribution is 0.142. The van der Waals surface area contributed by atoms with E-state index < -0.39 is 10.0 Å². The number of nitrogens with zero attached hydrogens (tertiary/aromatic N) is 3. The van der Waals surface area contributed by atoms with Crippen molar-refractivity contribution in [2.45, 2.75) is 24.9 Å². The molecule has 104 valence electrons. The Labute approximate surface area is 113 Å². The van der Waals surface area contributed by atoms with E-state index in [9.17, 15) is 8.42 Å². The monoisotopic (exact) mass is 295 g/mol. The van der Waals surface area contributed by atoms with E-state index in [-0.39, 0.29) is 16.2 Å². The molecule has 1 atom stereocenters. The number of hydrogen-bond acceptors (Lipinski definition) is 4. The van der Waals surface area contributed by atoms with E-state index in [0.29, 0.717) is 13.2 Å². The van der Waals surface area contributed by atoms with Crippen LogP contribution in [0.25, 0.3) is 0 Å². The highest BCUT2D eigenvalue weighted by molar-refractivity contribution is 7.89. The van der Waals surface area contributed by atoms with E-state index in [1.807, 2.05) is 0 Å². The summed E-state index contributed by atoms with van der Waals surface area (Å²) in [5.41, 5.74) is 0. The lowest BCUT2D eigenvalue weighted by Crippen LogP contribution is -2.41. The SMILES string of the molecule is CCN(C(C)COC)S(=O)(=O)c1ncn(C)c1Cl. The minimum absolute atomic E-state index is 0.109. The molecule has 0 spiro atoms. The summed E-state index contributed by atoms with van der Waals surface area (Å²) in [6, 6.07) is -0.275. The van der Waals surface area contributed by atoms with Crippen LogP contribution < -0.4 is 0 Å². The minimum atomic E-state index is -3.69. The first-order valence-corrected chi connectivity index (χ1v) is 7.35. The highest BCUT2D eigenvalue weighted by atomic mass is 35.5. The van der Waals surface area contributed by atoms with E-state index in [1.165, 1.54) is 22.3 Å². The third kappa shape index (κ3) is 2.85. The molecule has 1 unspecified atom stereocenters. The van der Waals surface area contributed by atoms with Gasteiger partial charge in [-0.3, -0.25) is 0 Å². The summed E-state index contributed by atoms with van der Waals surface area (Å²) in [5, 5.41) is -0.00506. The number of halogens is 1. The Kier molecular flexibility index (Phi) is 5.15. The zero-order valence-electron chi connectivity index (χ0n) is 10.9. The van der Waals surface area contributed by atoms with Gasteiger partial charge in [0, 0.05) is 26.7 Å². The van der Waals surface area contributed by atoms with Crippen LogP contribution in [-0.2, 0) is 21.8 Å². The molecule has 8 heteroatoms. The first-order chi connectivity index (χ1) is 8.36. The minimum Gasteiger partial charge on any atom is -0.383 e. The van der Waals surface area contributed by atoms with E-state index in [4.69, 9.17) is 16.3 Å². The van der Waals surface area contributed by atoms with Gasteiger partial charge < -0.3 is 9.30 Å². The molecule has 0 bridgehead atoms. The Bertz CT molecular complexity index is 500. The van der Waals surface area contributed by atoms with Crippen molar-refractivity contribution in [3.63, 3.8) is 0 Å². The van der Waals surface area contributed by atoms with Crippen molar-refractivity contribution in [1.29, 1.82) is 0 Å². The average molecular weight is 296 g/mol. The molecule has 0 amide bonds.